The van der Waals surface area contributed by atoms with E-state index in [1.807, 2.05) is 38.1 Å². The fourth-order valence-corrected chi connectivity index (χ4v) is 4.64. The van der Waals surface area contributed by atoms with Crippen LogP contribution < -0.4 is 16.0 Å². The molecule has 0 radical (unpaired) electrons. The number of carbonyl (C=O) groups is 3. The van der Waals surface area contributed by atoms with Crippen molar-refractivity contribution in [3.8, 4) is 0 Å². The number of hydrogen-bond donors (Lipinski definition) is 3. The van der Waals surface area contributed by atoms with Crippen LogP contribution in [0.15, 0.2) is 108 Å². The van der Waals surface area contributed by atoms with Crippen LogP contribution in [0.4, 0.5) is 17.1 Å². The number of amides is 3. The van der Waals surface area contributed by atoms with Crippen LogP contribution in [0.3, 0.4) is 0 Å². The maximum atomic E-state index is 13.3. The number of rotatable bonds is 10. The molecule has 0 unspecified atom stereocenters. The van der Waals surface area contributed by atoms with Gasteiger partial charge < -0.3 is 16.0 Å². The molecule has 0 spiro atoms. The van der Waals surface area contributed by atoms with Crippen molar-refractivity contribution >= 4 is 52.6 Å². The Balaban J connectivity index is 1.47. The fraction of sp³-hybridized carbons (Fsp3) is 0.0938. The van der Waals surface area contributed by atoms with Crippen LogP contribution in [0, 0.1) is 24.0 Å². The Kier molecular flexibility index (Phi) is 9.85. The van der Waals surface area contributed by atoms with Gasteiger partial charge in [0.15, 0.2) is 0 Å². The van der Waals surface area contributed by atoms with Crippen LogP contribution in [-0.4, -0.2) is 28.4 Å². The number of hydrogen-bond acceptors (Lipinski definition) is 6. The van der Waals surface area contributed by atoms with Crippen LogP contribution in [0.2, 0.25) is 0 Å². The van der Waals surface area contributed by atoms with Crippen molar-refractivity contribution in [1.82, 2.24) is 5.32 Å². The van der Waals surface area contributed by atoms with Gasteiger partial charge in [-0.15, -0.1) is 11.8 Å². The Morgan fingerprint density at radius 3 is 2.29 bits per heavy atom. The highest BCUT2D eigenvalue weighted by molar-refractivity contribution is 8.00. The first-order chi connectivity index (χ1) is 20.2. The molecule has 0 atom stereocenters. The number of non-ortho nitro benzene ring substituents is 1. The van der Waals surface area contributed by atoms with Gasteiger partial charge in [-0.3, -0.25) is 24.5 Å². The van der Waals surface area contributed by atoms with E-state index in [-0.39, 0.29) is 23.0 Å². The number of nitro groups is 1. The van der Waals surface area contributed by atoms with Crippen molar-refractivity contribution in [2.45, 2.75) is 18.7 Å². The molecule has 9 nitrogen and oxygen atoms in total. The van der Waals surface area contributed by atoms with E-state index in [1.165, 1.54) is 42.1 Å². The molecule has 3 amide bonds. The third-order valence-corrected chi connectivity index (χ3v) is 7.28. The molecule has 0 heterocycles. The van der Waals surface area contributed by atoms with Crippen molar-refractivity contribution in [2.24, 2.45) is 0 Å². The average molecular weight is 581 g/mol. The minimum absolute atomic E-state index is 0.0522. The molecule has 4 rings (SSSR count). The van der Waals surface area contributed by atoms with Crippen LogP contribution in [0.25, 0.3) is 6.08 Å². The highest BCUT2D eigenvalue weighted by Gasteiger charge is 2.16. The molecule has 0 aliphatic carbocycles. The predicted molar refractivity (Wildman–Crippen MR) is 165 cm³/mol. The summed E-state index contributed by atoms with van der Waals surface area (Å²) in [6.45, 7) is 3.94. The standard InChI is InChI=1S/C32H28N4O5S/c1-21-8-6-13-28(22(21)2)34-30(37)20-42-27-12-7-11-25(19-27)33-32(39)29(35-31(38)24-9-4-3-5-10-24)18-23-14-16-26(17-15-23)36(40)41/h3-19H,20H2,1-2H3,(H,33,39)(H,34,37)(H,35,38)/b29-18+. The zero-order valence-corrected chi connectivity index (χ0v) is 23.7. The molecule has 3 N–H and O–H groups in total. The normalized spacial score (nSPS) is 11.0. The maximum absolute atomic E-state index is 13.3. The summed E-state index contributed by atoms with van der Waals surface area (Å²) in [5.41, 5.74) is 4.03. The summed E-state index contributed by atoms with van der Waals surface area (Å²) < 4.78 is 0. The van der Waals surface area contributed by atoms with E-state index in [4.69, 9.17) is 0 Å². The van der Waals surface area contributed by atoms with Gasteiger partial charge in [0.05, 0.1) is 10.7 Å². The minimum Gasteiger partial charge on any atom is -0.325 e. The SMILES string of the molecule is Cc1cccc(NC(=O)CSc2cccc(NC(=O)/C(=C\c3ccc([N+](=O)[O-])cc3)NC(=O)c3ccccc3)c2)c1C. The average Bonchev–Trinajstić information content (AvgIpc) is 2.99. The Hall–Kier alpha value is -5.22. The number of thioether (sulfide) groups is 1. The van der Waals surface area contributed by atoms with Crippen molar-refractivity contribution in [1.29, 1.82) is 0 Å². The molecular formula is C32H28N4O5S. The molecule has 0 bridgehead atoms. The maximum Gasteiger partial charge on any atom is 0.272 e. The highest BCUT2D eigenvalue weighted by Crippen LogP contribution is 2.24. The number of anilines is 2. The van der Waals surface area contributed by atoms with Gasteiger partial charge in [0, 0.05) is 34.0 Å². The second-order valence-electron chi connectivity index (χ2n) is 9.29. The van der Waals surface area contributed by atoms with E-state index < -0.39 is 16.7 Å². The molecule has 0 fully saturated rings. The van der Waals surface area contributed by atoms with Crippen molar-refractivity contribution in [2.75, 3.05) is 16.4 Å². The third-order valence-electron chi connectivity index (χ3n) is 6.28. The molecule has 0 aromatic heterocycles. The number of aryl methyl sites for hydroxylation is 1. The molecule has 42 heavy (non-hydrogen) atoms. The van der Waals surface area contributed by atoms with Gasteiger partial charge in [0.2, 0.25) is 5.91 Å². The molecule has 4 aromatic rings. The minimum atomic E-state index is -0.590. The van der Waals surface area contributed by atoms with Crippen LogP contribution in [-0.2, 0) is 9.59 Å². The zero-order valence-electron chi connectivity index (χ0n) is 22.9. The van der Waals surface area contributed by atoms with Crippen LogP contribution in [0.1, 0.15) is 27.0 Å². The van der Waals surface area contributed by atoms with Gasteiger partial charge in [-0.25, -0.2) is 0 Å². The molecule has 0 aliphatic heterocycles. The van der Waals surface area contributed by atoms with Crippen molar-refractivity contribution < 1.29 is 19.3 Å². The summed E-state index contributed by atoms with van der Waals surface area (Å²) in [5.74, 6) is -1.06. The number of nitro benzene ring substituents is 1. The molecule has 212 valence electrons. The van der Waals surface area contributed by atoms with E-state index in [0.29, 0.717) is 16.8 Å². The summed E-state index contributed by atoms with van der Waals surface area (Å²) in [6, 6.07) is 26.8. The highest BCUT2D eigenvalue weighted by atomic mass is 32.2. The van der Waals surface area contributed by atoms with Crippen molar-refractivity contribution in [3.63, 3.8) is 0 Å². The quantitative estimate of drug-likeness (QED) is 0.0867. The van der Waals surface area contributed by atoms with Crippen LogP contribution >= 0.6 is 11.8 Å². The first-order valence-corrected chi connectivity index (χ1v) is 13.9. The lowest BCUT2D eigenvalue weighted by atomic mass is 10.1. The van der Waals surface area contributed by atoms with Crippen molar-refractivity contribution in [3.05, 3.63) is 135 Å². The van der Waals surface area contributed by atoms with Gasteiger partial charge in [0.1, 0.15) is 5.70 Å². The van der Waals surface area contributed by atoms with Gasteiger partial charge in [-0.2, -0.15) is 0 Å². The molecule has 0 saturated carbocycles. The fourth-order valence-electron chi connectivity index (χ4n) is 3.89. The third kappa shape index (κ3) is 8.15. The van der Waals surface area contributed by atoms with Gasteiger partial charge in [0.25, 0.3) is 17.5 Å². The number of nitrogens with one attached hydrogen (secondary N) is 3. The summed E-state index contributed by atoms with van der Waals surface area (Å²) in [6.07, 6.45) is 1.44. The Labute approximate surface area is 247 Å². The lowest BCUT2D eigenvalue weighted by molar-refractivity contribution is -0.384. The van der Waals surface area contributed by atoms with Crippen LogP contribution in [0.5, 0.6) is 0 Å². The monoisotopic (exact) mass is 580 g/mol. The molecule has 4 aromatic carbocycles. The van der Waals surface area contributed by atoms with E-state index in [2.05, 4.69) is 16.0 Å². The lowest BCUT2D eigenvalue weighted by Crippen LogP contribution is -2.30. The summed E-state index contributed by atoms with van der Waals surface area (Å²) >= 11 is 1.32. The molecule has 10 heteroatoms. The second-order valence-corrected chi connectivity index (χ2v) is 10.3. The van der Waals surface area contributed by atoms with E-state index in [0.717, 1.165) is 21.7 Å². The predicted octanol–water partition coefficient (Wildman–Crippen LogP) is 6.35. The lowest BCUT2D eigenvalue weighted by Gasteiger charge is -2.12. The Morgan fingerprint density at radius 2 is 1.57 bits per heavy atom. The second kappa shape index (κ2) is 13.9. The largest absolute Gasteiger partial charge is 0.325 e. The molecular weight excluding hydrogens is 552 g/mol. The smallest absolute Gasteiger partial charge is 0.272 e. The topological polar surface area (TPSA) is 130 Å². The molecule has 0 aliphatic rings. The zero-order chi connectivity index (χ0) is 30.1. The number of benzene rings is 4. The first kappa shape index (κ1) is 29.8. The Morgan fingerprint density at radius 1 is 0.857 bits per heavy atom. The van der Waals surface area contributed by atoms with E-state index in [9.17, 15) is 24.5 Å². The Bertz CT molecular complexity index is 1650. The molecule has 0 saturated heterocycles. The van der Waals surface area contributed by atoms with Gasteiger partial charge in [-0.05, 0) is 85.1 Å². The van der Waals surface area contributed by atoms with Gasteiger partial charge >= 0.3 is 0 Å². The van der Waals surface area contributed by atoms with Gasteiger partial charge in [-0.1, -0.05) is 36.4 Å². The number of nitrogens with zero attached hydrogens (tertiary/aromatic N) is 1. The first-order valence-electron chi connectivity index (χ1n) is 12.9. The number of carbonyl (C=O) groups excluding carboxylic acids is 3. The van der Waals surface area contributed by atoms with E-state index >= 15 is 0 Å². The van der Waals surface area contributed by atoms with E-state index in [1.54, 1.807) is 48.5 Å². The summed E-state index contributed by atoms with van der Waals surface area (Å²) in [4.78, 5) is 50.0. The summed E-state index contributed by atoms with van der Waals surface area (Å²) in [5, 5.41) is 19.4. The summed E-state index contributed by atoms with van der Waals surface area (Å²) in [7, 11) is 0.